The predicted molar refractivity (Wildman–Crippen MR) is 133 cm³/mol. The second-order valence-corrected chi connectivity index (χ2v) is 10.0. The molecule has 186 valence electrons. The summed E-state index contributed by atoms with van der Waals surface area (Å²) in [4.78, 5) is 8.73. The Balaban J connectivity index is 1.35. The molecule has 2 atom stereocenters. The number of benzene rings is 1. The van der Waals surface area contributed by atoms with Crippen LogP contribution in [0.25, 0.3) is 16.8 Å². The molecule has 4 N–H and O–H groups in total. The molecule has 0 amide bonds. The lowest BCUT2D eigenvalue weighted by Gasteiger charge is -2.37. The maximum atomic E-state index is 15.1. The maximum absolute atomic E-state index is 15.1. The van der Waals surface area contributed by atoms with E-state index in [2.05, 4.69) is 20.4 Å². The largest absolute Gasteiger partial charge is 0.385 e. The molecule has 6 rings (SSSR count). The van der Waals surface area contributed by atoms with Crippen LogP contribution in [-0.2, 0) is 5.60 Å². The van der Waals surface area contributed by atoms with Crippen LogP contribution in [-0.4, -0.2) is 30.7 Å². The van der Waals surface area contributed by atoms with Crippen molar-refractivity contribution < 1.29 is 13.9 Å². The molecule has 2 aliphatic carbocycles. The highest BCUT2D eigenvalue weighted by Crippen LogP contribution is 2.42. The van der Waals surface area contributed by atoms with Gasteiger partial charge in [-0.3, -0.25) is 4.98 Å². The lowest BCUT2D eigenvalue weighted by atomic mass is 9.75. The molecule has 2 fully saturated rings. The van der Waals surface area contributed by atoms with Crippen molar-refractivity contribution >= 4 is 17.2 Å². The normalized spacial score (nSPS) is 21.3. The van der Waals surface area contributed by atoms with Gasteiger partial charge in [-0.25, -0.2) is 13.8 Å². The standard InChI is InChI=1S/C27H28F2N6O/c28-21-12-17(27(36)8-2-9-27)13-22(29)25(21)23-6-5-19-14-32-26(35(19)34-23)33-24-15-31-10-7-20(24)16-3-1-4-18(30)11-16/h5-7,10,12-16,18,36H,1-4,8-9,11,30H2,(H,32,33)/t16-,18+/m1/s1. The fourth-order valence-electron chi connectivity index (χ4n) is 5.48. The summed E-state index contributed by atoms with van der Waals surface area (Å²) in [5.74, 6) is -0.770. The highest BCUT2D eigenvalue weighted by molar-refractivity contribution is 5.66. The molecule has 3 heterocycles. The SMILES string of the molecule is N[C@H]1CCC[C@@H](c2ccncc2Nc2ncc3ccc(-c4c(F)cc(C5(O)CCC5)cc4F)nn23)C1. The molecule has 36 heavy (non-hydrogen) atoms. The van der Waals surface area contributed by atoms with Gasteiger partial charge in [0.2, 0.25) is 5.95 Å². The zero-order valence-corrected chi connectivity index (χ0v) is 19.8. The van der Waals surface area contributed by atoms with Crippen LogP contribution in [0.4, 0.5) is 20.4 Å². The van der Waals surface area contributed by atoms with E-state index >= 15 is 8.78 Å². The van der Waals surface area contributed by atoms with Gasteiger partial charge in [0.15, 0.2) is 0 Å². The number of hydrogen-bond acceptors (Lipinski definition) is 6. The van der Waals surface area contributed by atoms with Gasteiger partial charge in [-0.15, -0.1) is 0 Å². The van der Waals surface area contributed by atoms with Crippen LogP contribution >= 0.6 is 0 Å². The lowest BCUT2D eigenvalue weighted by molar-refractivity contribution is -0.0392. The summed E-state index contributed by atoms with van der Waals surface area (Å²) in [6, 6.07) is 7.90. The van der Waals surface area contributed by atoms with Gasteiger partial charge in [-0.05, 0) is 85.9 Å². The van der Waals surface area contributed by atoms with Crippen LogP contribution in [0.15, 0.2) is 48.9 Å². The number of rotatable bonds is 5. The van der Waals surface area contributed by atoms with E-state index in [1.807, 2.05) is 6.07 Å². The number of nitrogens with one attached hydrogen (secondary N) is 1. The monoisotopic (exact) mass is 490 g/mol. The zero-order chi connectivity index (χ0) is 24.9. The number of halogens is 2. The van der Waals surface area contributed by atoms with Crippen molar-refractivity contribution in [1.29, 1.82) is 0 Å². The average Bonchev–Trinajstić information content (AvgIpc) is 3.24. The van der Waals surface area contributed by atoms with Gasteiger partial charge in [0.05, 0.1) is 40.5 Å². The second-order valence-electron chi connectivity index (χ2n) is 10.0. The Morgan fingerprint density at radius 2 is 1.86 bits per heavy atom. The minimum absolute atomic E-state index is 0.135. The van der Waals surface area contributed by atoms with Crippen LogP contribution in [0, 0.1) is 11.6 Å². The van der Waals surface area contributed by atoms with Gasteiger partial charge < -0.3 is 16.2 Å². The number of nitrogens with zero attached hydrogens (tertiary/aromatic N) is 4. The number of imidazole rings is 1. The number of pyridine rings is 1. The third-order valence-corrected chi connectivity index (χ3v) is 7.66. The Kier molecular flexibility index (Phi) is 5.69. The average molecular weight is 491 g/mol. The van der Waals surface area contributed by atoms with Crippen LogP contribution in [0.1, 0.15) is 62.0 Å². The number of aromatic nitrogens is 4. The predicted octanol–water partition coefficient (Wildman–Crippen LogP) is 5.17. The number of hydrogen-bond donors (Lipinski definition) is 3. The van der Waals surface area contributed by atoms with Gasteiger partial charge >= 0.3 is 0 Å². The summed E-state index contributed by atoms with van der Waals surface area (Å²) >= 11 is 0. The second kappa shape index (κ2) is 8.90. The van der Waals surface area contributed by atoms with Crippen molar-refractivity contribution in [2.75, 3.05) is 5.32 Å². The van der Waals surface area contributed by atoms with Crippen LogP contribution in [0.3, 0.4) is 0 Å². The Bertz CT molecular complexity index is 1410. The van der Waals surface area contributed by atoms with E-state index in [9.17, 15) is 5.11 Å². The van der Waals surface area contributed by atoms with Crippen molar-refractivity contribution in [3.05, 3.63) is 71.7 Å². The van der Waals surface area contributed by atoms with E-state index in [4.69, 9.17) is 5.73 Å². The van der Waals surface area contributed by atoms with Crippen molar-refractivity contribution in [3.63, 3.8) is 0 Å². The van der Waals surface area contributed by atoms with Crippen molar-refractivity contribution in [3.8, 4) is 11.3 Å². The summed E-state index contributed by atoms with van der Waals surface area (Å²) < 4.78 is 31.7. The van der Waals surface area contributed by atoms with E-state index in [1.54, 1.807) is 30.7 Å². The smallest absolute Gasteiger partial charge is 0.229 e. The Morgan fingerprint density at radius 1 is 1.06 bits per heavy atom. The molecule has 0 aliphatic heterocycles. The molecular weight excluding hydrogens is 462 g/mol. The van der Waals surface area contributed by atoms with Gasteiger partial charge in [-0.2, -0.15) is 9.61 Å². The summed E-state index contributed by atoms with van der Waals surface area (Å²) in [6.45, 7) is 0. The van der Waals surface area contributed by atoms with Crippen molar-refractivity contribution in [1.82, 2.24) is 19.6 Å². The number of aliphatic hydroxyl groups is 1. The Morgan fingerprint density at radius 3 is 2.58 bits per heavy atom. The first-order valence-electron chi connectivity index (χ1n) is 12.4. The first kappa shape index (κ1) is 23.0. The van der Waals surface area contributed by atoms with Crippen LogP contribution in [0.2, 0.25) is 0 Å². The first-order chi connectivity index (χ1) is 17.4. The highest BCUT2D eigenvalue weighted by Gasteiger charge is 2.37. The molecular formula is C27H28F2N6O. The Hall–Kier alpha value is -3.43. The first-order valence-corrected chi connectivity index (χ1v) is 12.4. The number of nitrogens with two attached hydrogens (primary N) is 1. The van der Waals surface area contributed by atoms with E-state index < -0.39 is 17.2 Å². The molecule has 2 saturated carbocycles. The van der Waals surface area contributed by atoms with Crippen molar-refractivity contribution in [2.45, 2.75) is 62.5 Å². The van der Waals surface area contributed by atoms with E-state index in [-0.39, 0.29) is 22.9 Å². The topological polar surface area (TPSA) is 101 Å². The van der Waals surface area contributed by atoms with Crippen LogP contribution < -0.4 is 11.1 Å². The van der Waals surface area contributed by atoms with Crippen LogP contribution in [0.5, 0.6) is 0 Å². The quantitative estimate of drug-likeness (QED) is 0.357. The molecule has 3 aromatic heterocycles. The third kappa shape index (κ3) is 4.02. The molecule has 4 aromatic rings. The minimum atomic E-state index is -1.15. The lowest BCUT2D eigenvalue weighted by Crippen LogP contribution is -2.33. The van der Waals surface area contributed by atoms with E-state index in [0.29, 0.717) is 30.2 Å². The summed E-state index contributed by atoms with van der Waals surface area (Å²) in [5.41, 5.74) is 7.85. The van der Waals surface area contributed by atoms with Crippen molar-refractivity contribution in [2.24, 2.45) is 5.73 Å². The zero-order valence-electron chi connectivity index (χ0n) is 19.8. The molecule has 0 saturated heterocycles. The molecule has 9 heteroatoms. The molecule has 7 nitrogen and oxygen atoms in total. The third-order valence-electron chi connectivity index (χ3n) is 7.66. The number of fused-ring (bicyclic) bond motifs is 1. The fraction of sp³-hybridized carbons (Fsp3) is 0.370. The molecule has 2 aliphatic rings. The highest BCUT2D eigenvalue weighted by atomic mass is 19.1. The van der Waals surface area contributed by atoms with Gasteiger partial charge in [0.25, 0.3) is 0 Å². The van der Waals surface area contributed by atoms with E-state index in [1.165, 1.54) is 16.6 Å². The molecule has 1 aromatic carbocycles. The van der Waals surface area contributed by atoms with Gasteiger partial charge in [-0.1, -0.05) is 6.42 Å². The summed E-state index contributed by atoms with van der Waals surface area (Å²) in [5, 5.41) is 18.4. The summed E-state index contributed by atoms with van der Waals surface area (Å²) in [6.07, 6.45) is 11.1. The summed E-state index contributed by atoms with van der Waals surface area (Å²) in [7, 11) is 0. The molecule has 0 radical (unpaired) electrons. The minimum Gasteiger partial charge on any atom is -0.385 e. The molecule has 0 spiro atoms. The van der Waals surface area contributed by atoms with E-state index in [0.717, 1.165) is 43.4 Å². The number of anilines is 2. The Labute approximate surface area is 207 Å². The maximum Gasteiger partial charge on any atom is 0.229 e. The van der Waals surface area contributed by atoms with Gasteiger partial charge in [0.1, 0.15) is 11.6 Å². The fourth-order valence-corrected chi connectivity index (χ4v) is 5.48. The molecule has 0 unspecified atom stereocenters. The van der Waals surface area contributed by atoms with Gasteiger partial charge in [0, 0.05) is 12.2 Å². The molecule has 0 bridgehead atoms.